The van der Waals surface area contributed by atoms with E-state index in [4.69, 9.17) is 5.73 Å². The fourth-order valence-electron chi connectivity index (χ4n) is 0.830. The molecule has 0 fully saturated rings. The molecule has 0 aromatic rings. The third-order valence-electron chi connectivity index (χ3n) is 1.13. The molecule has 0 amide bonds. The maximum absolute atomic E-state index is 5.37. The van der Waals surface area contributed by atoms with Crippen LogP contribution in [0, 0.1) is 0 Å². The zero-order chi connectivity index (χ0) is 7.28. The van der Waals surface area contributed by atoms with Crippen LogP contribution in [-0.4, -0.2) is 11.9 Å². The Morgan fingerprint density at radius 1 is 1.67 bits per heavy atom. The van der Waals surface area contributed by atoms with Gasteiger partial charge in [0.15, 0.2) is 0 Å². The fraction of sp³-hybridized carbons (Fsp3) is 0.857. The summed E-state index contributed by atoms with van der Waals surface area (Å²) < 4.78 is 0. The quantitative estimate of drug-likeness (QED) is 0.454. The van der Waals surface area contributed by atoms with E-state index >= 15 is 0 Å². The Labute approximate surface area is 57.2 Å². The summed E-state index contributed by atoms with van der Waals surface area (Å²) in [6, 6.07) is 0.403. The summed E-state index contributed by atoms with van der Waals surface area (Å²) in [5.74, 6) is 0.691. The molecule has 9 heavy (non-hydrogen) atoms. The maximum Gasteiger partial charge on any atom is 0.0908 e. The summed E-state index contributed by atoms with van der Waals surface area (Å²) in [5.41, 5.74) is 5.37. The van der Waals surface area contributed by atoms with E-state index < -0.39 is 0 Å². The van der Waals surface area contributed by atoms with Crippen molar-refractivity contribution in [3.8, 4) is 0 Å². The van der Waals surface area contributed by atoms with Crippen molar-refractivity contribution in [2.24, 2.45) is 10.7 Å². The lowest BCUT2D eigenvalue weighted by molar-refractivity contribution is 0.654. The summed E-state index contributed by atoms with van der Waals surface area (Å²) in [6.07, 6.45) is 2.31. The molecule has 0 aliphatic carbocycles. The molecule has 0 aromatic carbocycles. The second-order valence-corrected chi connectivity index (χ2v) is 2.41. The van der Waals surface area contributed by atoms with Crippen molar-refractivity contribution in [2.75, 3.05) is 0 Å². The lowest BCUT2D eigenvalue weighted by Gasteiger charge is -2.02. The Kier molecular flexibility index (Phi) is 4.10. The van der Waals surface area contributed by atoms with Crippen LogP contribution < -0.4 is 5.73 Å². The van der Waals surface area contributed by atoms with E-state index in [1.54, 1.807) is 0 Å². The Morgan fingerprint density at radius 2 is 2.22 bits per heavy atom. The van der Waals surface area contributed by atoms with Gasteiger partial charge in [0.2, 0.25) is 0 Å². The summed E-state index contributed by atoms with van der Waals surface area (Å²) in [4.78, 5) is 4.16. The molecule has 0 spiro atoms. The number of hydrogen-bond acceptors (Lipinski definition) is 1. The zero-order valence-corrected chi connectivity index (χ0v) is 6.52. The number of aliphatic imine (C=N–C) groups is 1. The molecule has 0 heterocycles. The second kappa shape index (κ2) is 4.36. The Bertz CT molecular complexity index is 93.1. The van der Waals surface area contributed by atoms with Crippen LogP contribution in [0.5, 0.6) is 0 Å². The van der Waals surface area contributed by atoms with E-state index in [0.717, 1.165) is 6.42 Å². The highest BCUT2D eigenvalue weighted by molar-refractivity contribution is 5.77. The number of hydrogen-bond donors (Lipinski definition) is 1. The van der Waals surface area contributed by atoms with Gasteiger partial charge >= 0.3 is 0 Å². The first kappa shape index (κ1) is 8.47. The summed E-state index contributed by atoms with van der Waals surface area (Å²) in [6.45, 7) is 6.06. The Morgan fingerprint density at radius 3 is 2.56 bits per heavy atom. The first-order chi connectivity index (χ1) is 4.16. The molecule has 0 aromatic heterocycles. The monoisotopic (exact) mass is 128 g/mol. The van der Waals surface area contributed by atoms with E-state index in [0.29, 0.717) is 11.9 Å². The van der Waals surface area contributed by atoms with Crippen LogP contribution in [0.1, 0.15) is 33.6 Å². The van der Waals surface area contributed by atoms with Gasteiger partial charge in [0.05, 0.1) is 5.84 Å². The van der Waals surface area contributed by atoms with E-state index in [9.17, 15) is 0 Å². The number of nitrogens with zero attached hydrogens (tertiary/aromatic N) is 1. The SMILES string of the molecule is CCCC(C)N=C(C)N. The van der Waals surface area contributed by atoms with Crippen molar-refractivity contribution in [1.82, 2.24) is 0 Å². The smallest absolute Gasteiger partial charge is 0.0908 e. The molecule has 0 aliphatic rings. The van der Waals surface area contributed by atoms with Gasteiger partial charge in [0, 0.05) is 6.04 Å². The molecular formula is C7H16N2. The number of rotatable bonds is 3. The molecular weight excluding hydrogens is 112 g/mol. The highest BCUT2D eigenvalue weighted by Gasteiger charge is 1.94. The van der Waals surface area contributed by atoms with Gasteiger partial charge < -0.3 is 5.73 Å². The predicted molar refractivity (Wildman–Crippen MR) is 41.7 cm³/mol. The molecule has 2 N–H and O–H groups in total. The molecule has 54 valence electrons. The summed E-state index contributed by atoms with van der Waals surface area (Å²) in [5, 5.41) is 0. The minimum atomic E-state index is 0.403. The summed E-state index contributed by atoms with van der Waals surface area (Å²) >= 11 is 0. The van der Waals surface area contributed by atoms with Gasteiger partial charge in [-0.15, -0.1) is 0 Å². The third kappa shape index (κ3) is 5.34. The van der Waals surface area contributed by atoms with E-state index in [-0.39, 0.29) is 0 Å². The van der Waals surface area contributed by atoms with Crippen molar-refractivity contribution in [3.05, 3.63) is 0 Å². The van der Waals surface area contributed by atoms with Crippen LogP contribution in [0.4, 0.5) is 0 Å². The van der Waals surface area contributed by atoms with Gasteiger partial charge in [0.1, 0.15) is 0 Å². The molecule has 0 radical (unpaired) electrons. The van der Waals surface area contributed by atoms with Crippen LogP contribution >= 0.6 is 0 Å². The molecule has 0 saturated carbocycles. The van der Waals surface area contributed by atoms with Gasteiger partial charge in [-0.1, -0.05) is 13.3 Å². The van der Waals surface area contributed by atoms with Crippen molar-refractivity contribution >= 4 is 5.84 Å². The molecule has 0 bridgehead atoms. The van der Waals surface area contributed by atoms with Gasteiger partial charge in [-0.3, -0.25) is 4.99 Å². The van der Waals surface area contributed by atoms with Crippen molar-refractivity contribution in [1.29, 1.82) is 0 Å². The van der Waals surface area contributed by atoms with E-state index in [1.165, 1.54) is 6.42 Å². The number of nitrogens with two attached hydrogens (primary N) is 1. The van der Waals surface area contributed by atoms with Crippen LogP contribution in [0.2, 0.25) is 0 Å². The lowest BCUT2D eigenvalue weighted by Crippen LogP contribution is -2.10. The highest BCUT2D eigenvalue weighted by Crippen LogP contribution is 1.98. The number of amidine groups is 1. The highest BCUT2D eigenvalue weighted by atomic mass is 14.9. The lowest BCUT2D eigenvalue weighted by atomic mass is 10.2. The largest absolute Gasteiger partial charge is 0.388 e. The van der Waals surface area contributed by atoms with Crippen molar-refractivity contribution in [2.45, 2.75) is 39.7 Å². The maximum atomic E-state index is 5.37. The average Bonchev–Trinajstić information content (AvgIpc) is 1.63. The van der Waals surface area contributed by atoms with E-state index in [2.05, 4.69) is 18.8 Å². The van der Waals surface area contributed by atoms with Gasteiger partial charge in [0.25, 0.3) is 0 Å². The van der Waals surface area contributed by atoms with Crippen LogP contribution in [-0.2, 0) is 0 Å². The fourth-order valence-corrected chi connectivity index (χ4v) is 0.830. The molecule has 0 rings (SSSR count). The van der Waals surface area contributed by atoms with Gasteiger partial charge in [-0.25, -0.2) is 0 Å². The minimum absolute atomic E-state index is 0.403. The molecule has 2 nitrogen and oxygen atoms in total. The Balaban J connectivity index is 3.49. The minimum Gasteiger partial charge on any atom is -0.388 e. The van der Waals surface area contributed by atoms with E-state index in [1.807, 2.05) is 6.92 Å². The first-order valence-corrected chi connectivity index (χ1v) is 3.46. The molecule has 0 aliphatic heterocycles. The normalized spacial score (nSPS) is 15.7. The van der Waals surface area contributed by atoms with Crippen molar-refractivity contribution < 1.29 is 0 Å². The topological polar surface area (TPSA) is 38.4 Å². The molecule has 1 unspecified atom stereocenters. The molecule has 2 heteroatoms. The standard InChI is InChI=1S/C7H16N2/c1-4-5-6(2)9-7(3)8/h6H,4-5H2,1-3H3,(H2,8,9). The Hall–Kier alpha value is -0.530. The molecule has 1 atom stereocenters. The zero-order valence-electron chi connectivity index (χ0n) is 6.52. The van der Waals surface area contributed by atoms with Crippen molar-refractivity contribution in [3.63, 3.8) is 0 Å². The third-order valence-corrected chi connectivity index (χ3v) is 1.13. The molecule has 0 saturated heterocycles. The average molecular weight is 128 g/mol. The van der Waals surface area contributed by atoms with Crippen LogP contribution in [0.3, 0.4) is 0 Å². The van der Waals surface area contributed by atoms with Gasteiger partial charge in [-0.2, -0.15) is 0 Å². The first-order valence-electron chi connectivity index (χ1n) is 3.46. The summed E-state index contributed by atoms with van der Waals surface area (Å²) in [7, 11) is 0. The predicted octanol–water partition coefficient (Wildman–Crippen LogP) is 1.55. The van der Waals surface area contributed by atoms with Crippen LogP contribution in [0.25, 0.3) is 0 Å². The van der Waals surface area contributed by atoms with Crippen LogP contribution in [0.15, 0.2) is 4.99 Å². The van der Waals surface area contributed by atoms with Gasteiger partial charge in [-0.05, 0) is 20.3 Å². The second-order valence-electron chi connectivity index (χ2n) is 2.41.